The van der Waals surface area contributed by atoms with Crippen molar-refractivity contribution in [3.63, 3.8) is 0 Å². The van der Waals surface area contributed by atoms with Crippen molar-refractivity contribution in [1.29, 1.82) is 0 Å². The maximum absolute atomic E-state index is 14.4. The number of pyridine rings is 1. The molecule has 3 heterocycles. The number of para-hydroxylation sites is 2. The molecule has 2 aromatic heterocycles. The highest BCUT2D eigenvalue weighted by Gasteiger charge is 2.31. The summed E-state index contributed by atoms with van der Waals surface area (Å²) in [5.74, 6) is 1.32. The summed E-state index contributed by atoms with van der Waals surface area (Å²) in [6.45, 7) is 5.37. The second kappa shape index (κ2) is 17.9. The second-order valence-corrected chi connectivity index (χ2v) is 12.7. The number of nitrogens with two attached hydrogens (primary N) is 1. The first-order chi connectivity index (χ1) is 24.4. The largest absolute Gasteiger partial charge is 0.490 e. The van der Waals surface area contributed by atoms with Gasteiger partial charge in [0.05, 0.1) is 29.8 Å². The Bertz CT molecular complexity index is 1930. The van der Waals surface area contributed by atoms with E-state index in [1.807, 2.05) is 89.2 Å². The van der Waals surface area contributed by atoms with Gasteiger partial charge in [-0.15, -0.1) is 0 Å². The number of ether oxygens (including phenoxy) is 2. The van der Waals surface area contributed by atoms with Crippen LogP contribution >= 0.6 is 0 Å². The van der Waals surface area contributed by atoms with Crippen molar-refractivity contribution in [1.82, 2.24) is 23.7 Å². The van der Waals surface area contributed by atoms with E-state index >= 15 is 0 Å². The number of nitrogen functional groups attached to an aromatic ring is 1. The SMILES string of the molecule is CCC[N+](=O)[O-].Nc1ccccc1-n1c(-c2ccccc2)c(S(=O)N2CCNCC2)n(Cc2cccc(OCCOc3cccnc3)c2)c1=O. The van der Waals surface area contributed by atoms with Crippen molar-refractivity contribution in [3.05, 3.63) is 130 Å². The predicted molar refractivity (Wildman–Crippen MR) is 194 cm³/mol. The van der Waals surface area contributed by atoms with Crippen LogP contribution in [-0.4, -0.2) is 73.5 Å². The summed E-state index contributed by atoms with van der Waals surface area (Å²) in [6, 6.07) is 28.1. The summed E-state index contributed by atoms with van der Waals surface area (Å²) in [5, 5.41) is 13.2. The van der Waals surface area contributed by atoms with Crippen LogP contribution in [0.25, 0.3) is 16.9 Å². The smallest absolute Gasteiger partial charge is 0.334 e. The highest BCUT2D eigenvalue weighted by atomic mass is 32.2. The lowest BCUT2D eigenvalue weighted by atomic mass is 10.1. The number of benzene rings is 3. The quantitative estimate of drug-likeness (QED) is 0.0787. The molecule has 3 aromatic carbocycles. The van der Waals surface area contributed by atoms with Gasteiger partial charge in [0.25, 0.3) is 0 Å². The molecule has 5 aromatic rings. The number of nitrogens with one attached hydrogen (secondary N) is 1. The highest BCUT2D eigenvalue weighted by Crippen LogP contribution is 2.32. The summed E-state index contributed by atoms with van der Waals surface area (Å²) in [5.41, 5.74) is 9.25. The molecule has 6 rings (SSSR count). The minimum Gasteiger partial charge on any atom is -0.490 e. The van der Waals surface area contributed by atoms with Gasteiger partial charge >= 0.3 is 5.69 Å². The van der Waals surface area contributed by atoms with Gasteiger partial charge in [-0.3, -0.25) is 24.2 Å². The summed E-state index contributed by atoms with van der Waals surface area (Å²) in [6.07, 6.45) is 3.98. The average molecular weight is 700 g/mol. The number of nitro groups is 1. The Morgan fingerprint density at radius 2 is 1.64 bits per heavy atom. The Balaban J connectivity index is 0.000000745. The van der Waals surface area contributed by atoms with Gasteiger partial charge in [0, 0.05) is 49.3 Å². The summed E-state index contributed by atoms with van der Waals surface area (Å²) < 4.78 is 31.2. The molecule has 0 spiro atoms. The molecule has 1 aliphatic heterocycles. The van der Waals surface area contributed by atoms with Crippen molar-refractivity contribution >= 4 is 16.7 Å². The van der Waals surface area contributed by atoms with Crippen molar-refractivity contribution < 1.29 is 18.6 Å². The lowest BCUT2D eigenvalue weighted by molar-refractivity contribution is -0.479. The van der Waals surface area contributed by atoms with E-state index in [4.69, 9.17) is 15.2 Å². The Kier molecular flexibility index (Phi) is 12.9. The molecule has 14 heteroatoms. The average Bonchev–Trinajstić information content (AvgIpc) is 3.42. The number of rotatable bonds is 13. The molecule has 1 unspecified atom stereocenters. The molecule has 1 atom stereocenters. The van der Waals surface area contributed by atoms with Crippen LogP contribution in [0.15, 0.2) is 113 Å². The zero-order valence-electron chi connectivity index (χ0n) is 27.9. The first-order valence-corrected chi connectivity index (χ1v) is 17.5. The van der Waals surface area contributed by atoms with Gasteiger partial charge in [-0.05, 0) is 42.0 Å². The van der Waals surface area contributed by atoms with Crippen LogP contribution in [0.5, 0.6) is 11.5 Å². The zero-order chi connectivity index (χ0) is 35.3. The maximum atomic E-state index is 14.4. The molecule has 3 N–H and O–H groups in total. The Morgan fingerprint density at radius 1 is 0.940 bits per heavy atom. The lowest BCUT2D eigenvalue weighted by Gasteiger charge is -2.26. The van der Waals surface area contributed by atoms with Crippen molar-refractivity contribution in [2.24, 2.45) is 0 Å². The molecule has 0 radical (unpaired) electrons. The van der Waals surface area contributed by atoms with E-state index < -0.39 is 11.0 Å². The van der Waals surface area contributed by atoms with Crippen LogP contribution in [0.1, 0.15) is 18.9 Å². The van der Waals surface area contributed by atoms with Crippen molar-refractivity contribution in [3.8, 4) is 28.4 Å². The molecule has 0 amide bonds. The minimum atomic E-state index is -1.62. The Hall–Kier alpha value is -5.31. The second-order valence-electron chi connectivity index (χ2n) is 11.3. The van der Waals surface area contributed by atoms with Gasteiger partial charge in [0.15, 0.2) is 5.03 Å². The van der Waals surface area contributed by atoms with E-state index in [1.165, 1.54) is 0 Å². The maximum Gasteiger partial charge on any atom is 0.334 e. The molecule has 262 valence electrons. The van der Waals surface area contributed by atoms with E-state index in [0.29, 0.717) is 79.4 Å². The molecule has 0 bridgehead atoms. The van der Waals surface area contributed by atoms with Crippen LogP contribution in [0.4, 0.5) is 5.69 Å². The highest BCUT2D eigenvalue weighted by molar-refractivity contribution is 7.82. The fourth-order valence-corrected chi connectivity index (χ4v) is 6.85. The summed E-state index contributed by atoms with van der Waals surface area (Å²) in [7, 11) is -1.62. The predicted octanol–water partition coefficient (Wildman–Crippen LogP) is 4.39. The Labute approximate surface area is 293 Å². The van der Waals surface area contributed by atoms with Gasteiger partial charge in [0.1, 0.15) is 35.7 Å². The minimum absolute atomic E-state index is 0.0972. The van der Waals surface area contributed by atoms with Crippen LogP contribution in [0.3, 0.4) is 0 Å². The number of imidazole rings is 1. The molecular weight excluding hydrogens is 659 g/mol. The molecular formula is C36H41N7O6S. The Morgan fingerprint density at radius 3 is 2.30 bits per heavy atom. The first kappa shape index (κ1) is 36.0. The number of nitrogens with zero attached hydrogens (tertiary/aromatic N) is 5. The third-order valence-corrected chi connectivity index (χ3v) is 9.27. The molecule has 13 nitrogen and oxygen atoms in total. The third kappa shape index (κ3) is 9.22. The van der Waals surface area contributed by atoms with E-state index in [2.05, 4.69) is 10.3 Å². The lowest BCUT2D eigenvalue weighted by Crippen LogP contribution is -2.44. The molecule has 0 aliphatic carbocycles. The molecule has 1 fully saturated rings. The van der Waals surface area contributed by atoms with E-state index in [1.54, 1.807) is 34.5 Å². The van der Waals surface area contributed by atoms with Crippen LogP contribution in [-0.2, 0) is 17.5 Å². The molecule has 1 aliphatic rings. The monoisotopic (exact) mass is 699 g/mol. The van der Waals surface area contributed by atoms with Crippen LogP contribution in [0, 0.1) is 10.1 Å². The zero-order valence-corrected chi connectivity index (χ0v) is 28.7. The molecule has 0 saturated carbocycles. The first-order valence-electron chi connectivity index (χ1n) is 16.4. The number of anilines is 1. The number of hydrogen-bond acceptors (Lipinski definition) is 9. The number of piperazine rings is 1. The third-order valence-electron chi connectivity index (χ3n) is 7.69. The van der Waals surface area contributed by atoms with Gasteiger partial charge in [-0.2, -0.15) is 0 Å². The van der Waals surface area contributed by atoms with E-state index in [0.717, 1.165) is 11.1 Å². The van der Waals surface area contributed by atoms with Crippen molar-refractivity contribution in [2.45, 2.75) is 24.9 Å². The fraction of sp³-hybridized carbons (Fsp3) is 0.278. The van der Waals surface area contributed by atoms with Gasteiger partial charge in [-0.25, -0.2) is 13.3 Å². The fourth-order valence-electron chi connectivity index (χ4n) is 5.39. The topological polar surface area (TPSA) is 160 Å². The normalized spacial score (nSPS) is 13.5. The molecule has 1 saturated heterocycles. The van der Waals surface area contributed by atoms with E-state index in [-0.39, 0.29) is 23.7 Å². The van der Waals surface area contributed by atoms with Crippen LogP contribution < -0.4 is 26.2 Å². The van der Waals surface area contributed by atoms with Gasteiger partial charge < -0.3 is 20.5 Å². The van der Waals surface area contributed by atoms with E-state index in [9.17, 15) is 19.1 Å². The molecule has 50 heavy (non-hydrogen) atoms. The number of aromatic nitrogens is 3. The van der Waals surface area contributed by atoms with Gasteiger partial charge in [0.2, 0.25) is 6.54 Å². The summed E-state index contributed by atoms with van der Waals surface area (Å²) >= 11 is 0. The van der Waals surface area contributed by atoms with Crippen LogP contribution in [0.2, 0.25) is 0 Å². The van der Waals surface area contributed by atoms with Crippen molar-refractivity contribution in [2.75, 3.05) is 51.7 Å². The number of hydrogen-bond donors (Lipinski definition) is 2. The van der Waals surface area contributed by atoms with Gasteiger partial charge in [-0.1, -0.05) is 61.5 Å². The summed E-state index contributed by atoms with van der Waals surface area (Å²) in [4.78, 5) is 27.5. The standard InChI is InChI=1S/C33H34N6O4S.C3H7NO2/c34-29-13-4-5-14-30(29)39-31(26-9-2-1-3-10-26)32(44(41)37-18-16-35-17-19-37)38(33(39)40)24-25-8-6-11-27(22-25)42-20-21-43-28-12-7-15-36-23-28;1-2-3-4(5)6/h1-15,22-23,35H,16-21,24,34H2;2-3H2,1H3.